The first-order valence-electron chi connectivity index (χ1n) is 11.8. The summed E-state index contributed by atoms with van der Waals surface area (Å²) >= 11 is 0. The van der Waals surface area contributed by atoms with Gasteiger partial charge >= 0.3 is 0 Å². The molecule has 5 rings (SSSR count). The largest absolute Gasteiger partial charge is 0.390 e. The van der Waals surface area contributed by atoms with Gasteiger partial charge in [0, 0.05) is 42.3 Å². The number of hydrazone groups is 1. The van der Waals surface area contributed by atoms with Crippen LogP contribution in [0.15, 0.2) is 102 Å². The Labute approximate surface area is 204 Å². The summed E-state index contributed by atoms with van der Waals surface area (Å²) in [5.41, 5.74) is 5.12. The first-order chi connectivity index (χ1) is 17.1. The van der Waals surface area contributed by atoms with Crippen LogP contribution in [0.25, 0.3) is 17.0 Å². The minimum Gasteiger partial charge on any atom is -0.390 e. The average Bonchev–Trinajstić information content (AvgIpc) is 3.37. The van der Waals surface area contributed by atoms with E-state index in [4.69, 9.17) is 0 Å². The van der Waals surface area contributed by atoms with Crippen molar-refractivity contribution < 1.29 is 9.90 Å². The molecule has 2 heterocycles. The van der Waals surface area contributed by atoms with Gasteiger partial charge in [0.2, 0.25) is 0 Å². The number of para-hydroxylation sites is 2. The Kier molecular flexibility index (Phi) is 6.57. The molecule has 6 heteroatoms. The monoisotopic (exact) mass is 464 g/mol. The normalized spacial score (nSPS) is 15.7. The fraction of sp³-hybridized carbons (Fsp3) is 0.172. The maximum atomic E-state index is 13.2. The van der Waals surface area contributed by atoms with Crippen molar-refractivity contribution in [1.82, 2.24) is 9.88 Å². The van der Waals surface area contributed by atoms with Gasteiger partial charge in [0.15, 0.2) is 0 Å². The molecule has 4 aromatic rings. The van der Waals surface area contributed by atoms with Crippen LogP contribution in [0.1, 0.15) is 18.1 Å². The highest BCUT2D eigenvalue weighted by molar-refractivity contribution is 6.32. The minimum absolute atomic E-state index is 0.143. The number of nitrogens with one attached hydrogen (secondary N) is 1. The second-order valence-electron chi connectivity index (χ2n) is 8.72. The molecule has 0 unspecified atom stereocenters. The Bertz CT molecular complexity index is 1390. The van der Waals surface area contributed by atoms with E-state index in [0.29, 0.717) is 30.9 Å². The third-order valence-electron chi connectivity index (χ3n) is 6.14. The molecule has 0 saturated heterocycles. The number of carbonyl (C=O) groups excluding carboxylic acids is 1. The smallest absolute Gasteiger partial charge is 0.280 e. The number of amides is 1. The first-order valence-corrected chi connectivity index (χ1v) is 11.8. The molecule has 3 aromatic carbocycles. The van der Waals surface area contributed by atoms with Gasteiger partial charge in [-0.2, -0.15) is 10.1 Å². The van der Waals surface area contributed by atoms with Crippen LogP contribution < -0.4 is 10.3 Å². The van der Waals surface area contributed by atoms with Crippen LogP contribution in [-0.2, 0) is 17.9 Å². The zero-order valence-corrected chi connectivity index (χ0v) is 19.6. The van der Waals surface area contributed by atoms with Crippen LogP contribution in [0.4, 0.5) is 5.69 Å². The van der Waals surface area contributed by atoms with Gasteiger partial charge in [-0.1, -0.05) is 66.7 Å². The first kappa shape index (κ1) is 22.8. The molecule has 6 nitrogen and oxygen atoms in total. The van der Waals surface area contributed by atoms with Crippen LogP contribution in [0.3, 0.4) is 0 Å². The number of hydrogen-bond acceptors (Lipinski definition) is 4. The lowest BCUT2D eigenvalue weighted by Gasteiger charge is -2.14. The van der Waals surface area contributed by atoms with Crippen molar-refractivity contribution in [2.45, 2.75) is 26.1 Å². The van der Waals surface area contributed by atoms with Crippen LogP contribution in [0, 0.1) is 0 Å². The standard InChI is InChI=1S/C29H28N4O2/c1-21-27(29(35)33(31-21)24-12-6-3-7-13-24)16-23-19-32(28-15-9-8-14-26(23)28)20-25(34)18-30-17-22-10-4-2-5-11-22/h2-16,19,25,30,34H,17-18,20H2,1H3/b27-16+/t25-/m1/s1. The molecular formula is C29H28N4O2. The fourth-order valence-electron chi connectivity index (χ4n) is 4.40. The third-order valence-corrected chi connectivity index (χ3v) is 6.14. The van der Waals surface area contributed by atoms with Crippen molar-refractivity contribution >= 4 is 34.3 Å². The Balaban J connectivity index is 1.35. The number of aliphatic hydroxyl groups is 1. The van der Waals surface area contributed by atoms with Crippen molar-refractivity contribution in [3.05, 3.63) is 108 Å². The van der Waals surface area contributed by atoms with Crippen LogP contribution >= 0.6 is 0 Å². The molecule has 0 fully saturated rings. The molecule has 1 aliphatic heterocycles. The summed E-state index contributed by atoms with van der Waals surface area (Å²) in [4.78, 5) is 13.2. The summed E-state index contributed by atoms with van der Waals surface area (Å²) in [6.45, 7) is 3.49. The van der Waals surface area contributed by atoms with E-state index in [-0.39, 0.29) is 5.91 Å². The molecule has 176 valence electrons. The number of fused-ring (bicyclic) bond motifs is 1. The second-order valence-corrected chi connectivity index (χ2v) is 8.72. The molecule has 2 N–H and O–H groups in total. The van der Waals surface area contributed by atoms with Gasteiger partial charge in [0.25, 0.3) is 5.91 Å². The topological polar surface area (TPSA) is 69.9 Å². The number of carbonyl (C=O) groups is 1. The molecule has 0 saturated carbocycles. The lowest BCUT2D eigenvalue weighted by Crippen LogP contribution is -2.29. The Morgan fingerprint density at radius 3 is 2.43 bits per heavy atom. The van der Waals surface area contributed by atoms with Gasteiger partial charge in [0.05, 0.1) is 23.1 Å². The number of anilines is 1. The van der Waals surface area contributed by atoms with Crippen molar-refractivity contribution in [3.63, 3.8) is 0 Å². The SMILES string of the molecule is CC1=NN(c2ccccc2)C(=O)/C1=C/c1cn(C[C@H](O)CNCc2ccccc2)c2ccccc12. The van der Waals surface area contributed by atoms with Gasteiger partial charge < -0.3 is 15.0 Å². The van der Waals surface area contributed by atoms with E-state index in [2.05, 4.69) is 27.1 Å². The Morgan fingerprint density at radius 2 is 1.66 bits per heavy atom. The highest BCUT2D eigenvalue weighted by Gasteiger charge is 2.29. The quantitative estimate of drug-likeness (QED) is 0.375. The van der Waals surface area contributed by atoms with Crippen molar-refractivity contribution in [3.8, 4) is 0 Å². The molecule has 1 amide bonds. The minimum atomic E-state index is -0.556. The second kappa shape index (κ2) is 10.1. The summed E-state index contributed by atoms with van der Waals surface area (Å²) in [5, 5.41) is 21.0. The van der Waals surface area contributed by atoms with E-state index in [1.165, 1.54) is 10.6 Å². The predicted molar refractivity (Wildman–Crippen MR) is 141 cm³/mol. The summed E-state index contributed by atoms with van der Waals surface area (Å²) in [5.74, 6) is -0.143. The highest BCUT2D eigenvalue weighted by atomic mass is 16.3. The zero-order valence-electron chi connectivity index (χ0n) is 19.6. The lowest BCUT2D eigenvalue weighted by molar-refractivity contribution is -0.114. The van der Waals surface area contributed by atoms with Crippen molar-refractivity contribution in [2.75, 3.05) is 11.6 Å². The number of hydrogen-bond donors (Lipinski definition) is 2. The van der Waals surface area contributed by atoms with Gasteiger partial charge in [-0.05, 0) is 36.8 Å². The van der Waals surface area contributed by atoms with Crippen LogP contribution in [-0.4, -0.2) is 33.9 Å². The summed E-state index contributed by atoms with van der Waals surface area (Å²) < 4.78 is 2.05. The molecule has 0 aliphatic carbocycles. The number of nitrogens with zero attached hydrogens (tertiary/aromatic N) is 3. The Morgan fingerprint density at radius 1 is 0.971 bits per heavy atom. The number of benzene rings is 3. The molecule has 1 atom stereocenters. The Hall–Kier alpha value is -4.00. The molecule has 1 aromatic heterocycles. The van der Waals surface area contributed by atoms with E-state index >= 15 is 0 Å². The number of aromatic nitrogens is 1. The van der Waals surface area contributed by atoms with Gasteiger partial charge in [-0.3, -0.25) is 4.79 Å². The summed E-state index contributed by atoms with van der Waals surface area (Å²) in [6, 6.07) is 27.6. The van der Waals surface area contributed by atoms with Crippen molar-refractivity contribution in [1.29, 1.82) is 0 Å². The number of rotatable bonds is 8. The average molecular weight is 465 g/mol. The zero-order chi connectivity index (χ0) is 24.2. The summed E-state index contributed by atoms with van der Waals surface area (Å²) in [6.07, 6.45) is 3.35. The van der Waals surface area contributed by atoms with E-state index in [1.54, 1.807) is 0 Å². The molecular weight excluding hydrogens is 436 g/mol. The molecule has 0 radical (unpaired) electrons. The highest BCUT2D eigenvalue weighted by Crippen LogP contribution is 2.28. The van der Waals surface area contributed by atoms with E-state index in [1.807, 2.05) is 92.0 Å². The van der Waals surface area contributed by atoms with E-state index < -0.39 is 6.10 Å². The molecule has 0 bridgehead atoms. The van der Waals surface area contributed by atoms with E-state index in [0.717, 1.165) is 22.2 Å². The molecule has 35 heavy (non-hydrogen) atoms. The van der Waals surface area contributed by atoms with Crippen molar-refractivity contribution in [2.24, 2.45) is 5.10 Å². The van der Waals surface area contributed by atoms with Gasteiger partial charge in [-0.15, -0.1) is 0 Å². The lowest BCUT2D eigenvalue weighted by atomic mass is 10.1. The number of aliphatic hydroxyl groups excluding tert-OH is 1. The predicted octanol–water partition coefficient (Wildman–Crippen LogP) is 4.60. The van der Waals surface area contributed by atoms with Crippen LogP contribution in [0.5, 0.6) is 0 Å². The molecule has 1 aliphatic rings. The van der Waals surface area contributed by atoms with Crippen LogP contribution in [0.2, 0.25) is 0 Å². The summed E-state index contributed by atoms with van der Waals surface area (Å²) in [7, 11) is 0. The van der Waals surface area contributed by atoms with E-state index in [9.17, 15) is 9.90 Å². The van der Waals surface area contributed by atoms with Gasteiger partial charge in [-0.25, -0.2) is 0 Å². The molecule has 0 spiro atoms. The van der Waals surface area contributed by atoms with Gasteiger partial charge in [0.1, 0.15) is 0 Å². The maximum absolute atomic E-state index is 13.2. The third kappa shape index (κ3) is 4.94. The maximum Gasteiger partial charge on any atom is 0.280 e. The fourth-order valence-corrected chi connectivity index (χ4v) is 4.40.